The molecule has 0 aromatic heterocycles. The van der Waals surface area contributed by atoms with Crippen LogP contribution in [0.1, 0.15) is 37.2 Å². The molecule has 1 heterocycles. The monoisotopic (exact) mass is 306 g/mol. The number of carbonyl (C=O) groups excluding carboxylic acids is 1. The number of hydrogen-bond donors (Lipinski definition) is 2. The lowest BCUT2D eigenvalue weighted by Crippen LogP contribution is -2.51. The number of piperidine rings is 1. The topological polar surface area (TPSA) is 52.6 Å². The molecule has 3 unspecified atom stereocenters. The lowest BCUT2D eigenvalue weighted by molar-refractivity contribution is -0.128. The van der Waals surface area contributed by atoms with Gasteiger partial charge in [-0.05, 0) is 43.5 Å². The molecule has 5 heteroatoms. The molecule has 120 valence electrons. The summed E-state index contributed by atoms with van der Waals surface area (Å²) in [6.07, 6.45) is 2.70. The van der Waals surface area contributed by atoms with Gasteiger partial charge in [0.1, 0.15) is 5.82 Å². The van der Waals surface area contributed by atoms with E-state index in [4.69, 9.17) is 0 Å². The molecule has 2 aliphatic rings. The van der Waals surface area contributed by atoms with Crippen molar-refractivity contribution in [1.29, 1.82) is 0 Å². The van der Waals surface area contributed by atoms with Gasteiger partial charge in [0.15, 0.2) is 0 Å². The van der Waals surface area contributed by atoms with Crippen molar-refractivity contribution in [1.82, 2.24) is 10.2 Å². The molecule has 1 aromatic rings. The number of likely N-dealkylation sites (tertiary alicyclic amines) is 1. The first kappa shape index (κ1) is 15.4. The molecule has 1 aliphatic carbocycles. The van der Waals surface area contributed by atoms with Crippen LogP contribution >= 0.6 is 0 Å². The van der Waals surface area contributed by atoms with E-state index in [0.717, 1.165) is 24.9 Å². The number of aliphatic hydroxyl groups is 1. The zero-order valence-electron chi connectivity index (χ0n) is 12.9. The fourth-order valence-electron chi connectivity index (χ4n) is 3.64. The molecule has 1 aliphatic heterocycles. The second kappa shape index (κ2) is 5.97. The Bertz CT molecular complexity index is 565. The predicted octanol–water partition coefficient (Wildman–Crippen LogP) is 1.64. The highest BCUT2D eigenvalue weighted by atomic mass is 19.1. The summed E-state index contributed by atoms with van der Waals surface area (Å²) in [6, 6.07) is 7.14. The number of halogens is 1. The second-order valence-corrected chi connectivity index (χ2v) is 6.61. The van der Waals surface area contributed by atoms with Crippen LogP contribution in [0.5, 0.6) is 0 Å². The molecule has 3 rings (SSSR count). The Morgan fingerprint density at radius 2 is 2.36 bits per heavy atom. The molecule has 2 fully saturated rings. The molecule has 1 saturated carbocycles. The van der Waals surface area contributed by atoms with E-state index in [9.17, 15) is 14.3 Å². The molecule has 4 nitrogen and oxygen atoms in total. The van der Waals surface area contributed by atoms with Crippen molar-refractivity contribution >= 4 is 5.91 Å². The van der Waals surface area contributed by atoms with Gasteiger partial charge in [-0.25, -0.2) is 4.39 Å². The lowest BCUT2D eigenvalue weighted by atomic mass is 9.89. The van der Waals surface area contributed by atoms with Gasteiger partial charge >= 0.3 is 0 Å². The summed E-state index contributed by atoms with van der Waals surface area (Å²) in [5.74, 6) is 0.0257. The van der Waals surface area contributed by atoms with E-state index in [0.29, 0.717) is 24.9 Å². The van der Waals surface area contributed by atoms with E-state index < -0.39 is 5.60 Å². The number of nitrogens with one attached hydrogen (secondary N) is 1. The fraction of sp³-hybridized carbons (Fsp3) is 0.588. The van der Waals surface area contributed by atoms with Crippen LogP contribution in [0.15, 0.2) is 24.3 Å². The van der Waals surface area contributed by atoms with Gasteiger partial charge < -0.3 is 10.4 Å². The molecule has 3 atom stereocenters. The van der Waals surface area contributed by atoms with E-state index in [1.165, 1.54) is 6.07 Å². The Labute approximate surface area is 130 Å². The Morgan fingerprint density at radius 3 is 3.09 bits per heavy atom. The highest BCUT2D eigenvalue weighted by Crippen LogP contribution is 2.46. The van der Waals surface area contributed by atoms with Gasteiger partial charge in [-0.15, -0.1) is 0 Å². The second-order valence-electron chi connectivity index (χ2n) is 6.61. The third kappa shape index (κ3) is 3.31. The number of β-amino-alcohol motifs (C(OH)–C–C–N with tert-alkyl or cyclic N) is 1. The van der Waals surface area contributed by atoms with Crippen LogP contribution in [-0.4, -0.2) is 47.7 Å². The summed E-state index contributed by atoms with van der Waals surface area (Å²) in [4.78, 5) is 13.8. The standard InChI is InChI=1S/C17H23FN2O2/c1-19-16(21)10-17(22)6-3-7-20(11-17)15-9-14(15)12-4-2-5-13(18)8-12/h2,4-5,8,14-15,22H,3,6-7,9-11H2,1H3,(H,19,21). The molecule has 0 bridgehead atoms. The van der Waals surface area contributed by atoms with Gasteiger partial charge in [0.2, 0.25) is 5.91 Å². The fourth-order valence-corrected chi connectivity index (χ4v) is 3.64. The normalized spacial score (nSPS) is 31.8. The summed E-state index contributed by atoms with van der Waals surface area (Å²) in [5.41, 5.74) is 0.0957. The van der Waals surface area contributed by atoms with E-state index >= 15 is 0 Å². The Balaban J connectivity index is 1.63. The van der Waals surface area contributed by atoms with Crippen molar-refractivity contribution in [2.75, 3.05) is 20.1 Å². The van der Waals surface area contributed by atoms with Gasteiger partial charge in [-0.3, -0.25) is 9.69 Å². The zero-order chi connectivity index (χ0) is 15.7. The quantitative estimate of drug-likeness (QED) is 0.889. The number of rotatable bonds is 4. The van der Waals surface area contributed by atoms with Crippen LogP contribution in [0.3, 0.4) is 0 Å². The third-order valence-corrected chi connectivity index (χ3v) is 4.86. The largest absolute Gasteiger partial charge is 0.388 e. The SMILES string of the molecule is CNC(=O)CC1(O)CCCN(C2CC2c2cccc(F)c2)C1. The van der Waals surface area contributed by atoms with Crippen molar-refractivity contribution < 1.29 is 14.3 Å². The predicted molar refractivity (Wildman–Crippen MR) is 82.0 cm³/mol. The summed E-state index contributed by atoms with van der Waals surface area (Å²) in [6.45, 7) is 1.46. The first-order valence-corrected chi connectivity index (χ1v) is 7.93. The third-order valence-electron chi connectivity index (χ3n) is 4.86. The van der Waals surface area contributed by atoms with Crippen molar-refractivity contribution in [3.05, 3.63) is 35.6 Å². The first-order valence-electron chi connectivity index (χ1n) is 7.93. The average molecular weight is 306 g/mol. The molecule has 22 heavy (non-hydrogen) atoms. The van der Waals surface area contributed by atoms with Gasteiger partial charge in [0.25, 0.3) is 0 Å². The molecule has 1 amide bonds. The van der Waals surface area contributed by atoms with Crippen molar-refractivity contribution in [2.45, 2.75) is 43.2 Å². The molecule has 1 aromatic carbocycles. The van der Waals surface area contributed by atoms with Crippen LogP contribution in [0.4, 0.5) is 4.39 Å². The zero-order valence-corrected chi connectivity index (χ0v) is 12.9. The Hall–Kier alpha value is -1.46. The highest BCUT2D eigenvalue weighted by Gasteiger charge is 2.47. The van der Waals surface area contributed by atoms with Gasteiger partial charge in [0.05, 0.1) is 12.0 Å². The smallest absolute Gasteiger partial charge is 0.222 e. The molecule has 0 radical (unpaired) electrons. The number of carbonyl (C=O) groups is 1. The summed E-state index contributed by atoms with van der Waals surface area (Å²) >= 11 is 0. The van der Waals surface area contributed by atoms with E-state index in [1.54, 1.807) is 19.2 Å². The highest BCUT2D eigenvalue weighted by molar-refractivity contribution is 5.76. The molecular formula is C17H23FN2O2. The Morgan fingerprint density at radius 1 is 1.55 bits per heavy atom. The van der Waals surface area contributed by atoms with Gasteiger partial charge in [-0.1, -0.05) is 12.1 Å². The van der Waals surface area contributed by atoms with Crippen LogP contribution < -0.4 is 5.32 Å². The molecule has 0 spiro atoms. The van der Waals surface area contributed by atoms with Crippen molar-refractivity contribution in [2.24, 2.45) is 0 Å². The minimum atomic E-state index is -0.937. The van der Waals surface area contributed by atoms with E-state index in [2.05, 4.69) is 10.2 Å². The average Bonchev–Trinajstić information content (AvgIpc) is 3.27. The summed E-state index contributed by atoms with van der Waals surface area (Å²) in [5, 5.41) is 13.2. The van der Waals surface area contributed by atoms with E-state index in [1.807, 2.05) is 6.07 Å². The van der Waals surface area contributed by atoms with E-state index in [-0.39, 0.29) is 18.1 Å². The summed E-state index contributed by atoms with van der Waals surface area (Å²) < 4.78 is 13.3. The minimum absolute atomic E-state index is 0.123. The summed E-state index contributed by atoms with van der Waals surface area (Å²) in [7, 11) is 1.59. The maximum atomic E-state index is 13.3. The number of hydrogen-bond acceptors (Lipinski definition) is 3. The van der Waals surface area contributed by atoms with Crippen LogP contribution in [0, 0.1) is 5.82 Å². The molecule has 1 saturated heterocycles. The first-order chi connectivity index (χ1) is 10.5. The van der Waals surface area contributed by atoms with Crippen molar-refractivity contribution in [3.8, 4) is 0 Å². The van der Waals surface area contributed by atoms with Gasteiger partial charge in [-0.2, -0.15) is 0 Å². The molecule has 2 N–H and O–H groups in total. The molecular weight excluding hydrogens is 283 g/mol. The van der Waals surface area contributed by atoms with Crippen molar-refractivity contribution in [3.63, 3.8) is 0 Å². The lowest BCUT2D eigenvalue weighted by Gasteiger charge is -2.39. The maximum absolute atomic E-state index is 13.3. The van der Waals surface area contributed by atoms with Crippen LogP contribution in [0.2, 0.25) is 0 Å². The van der Waals surface area contributed by atoms with Crippen LogP contribution in [-0.2, 0) is 4.79 Å². The maximum Gasteiger partial charge on any atom is 0.222 e. The minimum Gasteiger partial charge on any atom is -0.388 e. The van der Waals surface area contributed by atoms with Gasteiger partial charge in [0, 0.05) is 25.6 Å². The van der Waals surface area contributed by atoms with Crippen LogP contribution in [0.25, 0.3) is 0 Å². The Kier molecular flexibility index (Phi) is 4.19. The number of benzene rings is 1. The number of amides is 1. The number of nitrogens with zero attached hydrogens (tertiary/aromatic N) is 1.